The number of amidine groups is 1. The van der Waals surface area contributed by atoms with E-state index in [1.165, 1.54) is 0 Å². The molecule has 0 aliphatic rings. The van der Waals surface area contributed by atoms with Gasteiger partial charge in [-0.2, -0.15) is 0 Å². The van der Waals surface area contributed by atoms with Crippen molar-refractivity contribution in [2.45, 2.75) is 6.92 Å². The quantitative estimate of drug-likeness (QED) is 0.554. The molecule has 5 heteroatoms. The largest absolute Gasteiger partial charge is 0.387 e. The fourth-order valence-corrected chi connectivity index (χ4v) is 2.98. The van der Waals surface area contributed by atoms with Crippen molar-refractivity contribution in [3.63, 3.8) is 0 Å². The molecule has 0 unspecified atom stereocenters. The summed E-state index contributed by atoms with van der Waals surface area (Å²) in [6, 6.07) is 13.6. The van der Waals surface area contributed by atoms with Gasteiger partial charge in [-0.3, -0.25) is 0 Å². The first kappa shape index (κ1) is 13.1. The molecule has 0 amide bonds. The normalized spacial score (nSPS) is 12.0. The smallest absolute Gasteiger partial charge is 0.124 e. The van der Waals surface area contributed by atoms with E-state index in [2.05, 4.69) is 9.98 Å². The van der Waals surface area contributed by atoms with Gasteiger partial charge >= 0.3 is 0 Å². The highest BCUT2D eigenvalue weighted by molar-refractivity contribution is 7.21. The van der Waals surface area contributed by atoms with Crippen LogP contribution in [0.25, 0.3) is 20.8 Å². The Morgan fingerprint density at radius 3 is 2.65 bits per heavy atom. The van der Waals surface area contributed by atoms with Gasteiger partial charge in [0, 0.05) is 10.6 Å². The lowest BCUT2D eigenvalue weighted by Gasteiger charge is -1.95. The second-order valence-corrected chi connectivity index (χ2v) is 5.90. The summed E-state index contributed by atoms with van der Waals surface area (Å²) in [7, 11) is 0. The molecule has 0 saturated carbocycles. The van der Waals surface area contributed by atoms with Gasteiger partial charge in [-0.25, -0.2) is 9.98 Å². The lowest BCUT2D eigenvalue weighted by Crippen LogP contribution is -2.03. The average molecular weight is 302 g/mol. The summed E-state index contributed by atoms with van der Waals surface area (Å²) in [5.41, 5.74) is 8.42. The summed E-state index contributed by atoms with van der Waals surface area (Å²) < 4.78 is 1.13. The minimum absolute atomic E-state index is 0.539. The van der Waals surface area contributed by atoms with Gasteiger partial charge < -0.3 is 5.73 Å². The number of nitrogens with two attached hydrogens (primary N) is 1. The van der Waals surface area contributed by atoms with Crippen LogP contribution < -0.4 is 5.73 Å². The van der Waals surface area contributed by atoms with E-state index >= 15 is 0 Å². The first-order valence-corrected chi connectivity index (χ1v) is 7.28. The maximum atomic E-state index is 5.90. The van der Waals surface area contributed by atoms with Crippen molar-refractivity contribution in [1.29, 1.82) is 0 Å². The third-order valence-corrected chi connectivity index (χ3v) is 4.11. The molecule has 0 radical (unpaired) electrons. The lowest BCUT2D eigenvalue weighted by atomic mass is 10.2. The standard InChI is InChI=1S/C15H12ClN3S/c1-9(17)18-12-6-7-14-13(8-12)19-15(20-14)10-2-4-11(16)5-3-10/h2-8H,1H3,(H2,17,18). The van der Waals surface area contributed by atoms with E-state index in [1.54, 1.807) is 18.3 Å². The number of fused-ring (bicyclic) bond motifs is 1. The SMILES string of the molecule is CC(N)=Nc1ccc2sc(-c3ccc(Cl)cc3)nc2c1. The summed E-state index contributed by atoms with van der Waals surface area (Å²) in [5.74, 6) is 0.539. The molecular formula is C15H12ClN3S. The molecule has 20 heavy (non-hydrogen) atoms. The second kappa shape index (κ2) is 5.23. The Kier molecular flexibility index (Phi) is 3.42. The highest BCUT2D eigenvalue weighted by Crippen LogP contribution is 2.32. The van der Waals surface area contributed by atoms with Crippen molar-refractivity contribution in [1.82, 2.24) is 4.98 Å². The Bertz CT molecular complexity index is 786. The van der Waals surface area contributed by atoms with Crippen LogP contribution in [-0.4, -0.2) is 10.8 Å². The molecule has 0 bridgehead atoms. The van der Waals surface area contributed by atoms with Crippen LogP contribution >= 0.6 is 22.9 Å². The zero-order valence-electron chi connectivity index (χ0n) is 10.8. The predicted octanol–water partition coefficient (Wildman–Crippen LogP) is 4.63. The number of benzene rings is 2. The summed E-state index contributed by atoms with van der Waals surface area (Å²) in [6.07, 6.45) is 0. The maximum absolute atomic E-state index is 5.90. The highest BCUT2D eigenvalue weighted by Gasteiger charge is 2.06. The van der Waals surface area contributed by atoms with Crippen LogP contribution in [-0.2, 0) is 0 Å². The van der Waals surface area contributed by atoms with Gasteiger partial charge in [0.1, 0.15) is 5.01 Å². The van der Waals surface area contributed by atoms with E-state index in [4.69, 9.17) is 17.3 Å². The summed E-state index contributed by atoms with van der Waals surface area (Å²) >= 11 is 7.55. The Hall–Kier alpha value is -1.91. The molecule has 3 aromatic rings. The monoisotopic (exact) mass is 301 g/mol. The average Bonchev–Trinajstić information content (AvgIpc) is 2.81. The Morgan fingerprint density at radius 2 is 1.95 bits per heavy atom. The van der Waals surface area contributed by atoms with Crippen molar-refractivity contribution in [3.05, 3.63) is 47.5 Å². The number of hydrogen-bond acceptors (Lipinski definition) is 3. The second-order valence-electron chi connectivity index (χ2n) is 4.43. The Morgan fingerprint density at radius 1 is 1.20 bits per heavy atom. The van der Waals surface area contributed by atoms with E-state index in [9.17, 15) is 0 Å². The van der Waals surface area contributed by atoms with Crippen LogP contribution in [0.4, 0.5) is 5.69 Å². The Balaban J connectivity index is 2.06. The molecule has 0 saturated heterocycles. The van der Waals surface area contributed by atoms with Gasteiger partial charge in [-0.1, -0.05) is 23.7 Å². The van der Waals surface area contributed by atoms with Gasteiger partial charge in [0.15, 0.2) is 0 Å². The number of aromatic nitrogens is 1. The van der Waals surface area contributed by atoms with Crippen molar-refractivity contribution < 1.29 is 0 Å². The van der Waals surface area contributed by atoms with Crippen LogP contribution in [0.2, 0.25) is 5.02 Å². The van der Waals surface area contributed by atoms with Gasteiger partial charge in [0.25, 0.3) is 0 Å². The number of thiazole rings is 1. The Labute approximate surface area is 125 Å². The molecule has 0 aliphatic carbocycles. The minimum Gasteiger partial charge on any atom is -0.387 e. The summed E-state index contributed by atoms with van der Waals surface area (Å²) in [5, 5.41) is 1.70. The van der Waals surface area contributed by atoms with Crippen LogP contribution in [0.5, 0.6) is 0 Å². The molecule has 1 heterocycles. The van der Waals surface area contributed by atoms with E-state index in [1.807, 2.05) is 42.5 Å². The number of hydrogen-bond donors (Lipinski definition) is 1. The topological polar surface area (TPSA) is 51.3 Å². The number of halogens is 1. The number of nitrogens with zero attached hydrogens (tertiary/aromatic N) is 2. The minimum atomic E-state index is 0.539. The van der Waals surface area contributed by atoms with Crippen molar-refractivity contribution >= 4 is 44.7 Å². The zero-order chi connectivity index (χ0) is 14.1. The molecule has 2 N–H and O–H groups in total. The van der Waals surface area contributed by atoms with Crippen LogP contribution in [0.1, 0.15) is 6.92 Å². The third kappa shape index (κ3) is 2.66. The van der Waals surface area contributed by atoms with Crippen LogP contribution in [0, 0.1) is 0 Å². The fourth-order valence-electron chi connectivity index (χ4n) is 1.90. The molecular weight excluding hydrogens is 290 g/mol. The zero-order valence-corrected chi connectivity index (χ0v) is 12.4. The fraction of sp³-hybridized carbons (Fsp3) is 0.0667. The van der Waals surface area contributed by atoms with E-state index in [-0.39, 0.29) is 0 Å². The molecule has 3 rings (SSSR count). The number of aliphatic imine (C=N–C) groups is 1. The van der Waals surface area contributed by atoms with E-state index in [0.29, 0.717) is 5.84 Å². The summed E-state index contributed by atoms with van der Waals surface area (Å²) in [4.78, 5) is 8.89. The first-order chi connectivity index (χ1) is 9.61. The molecule has 3 nitrogen and oxygen atoms in total. The molecule has 0 spiro atoms. The molecule has 1 aromatic heterocycles. The van der Waals surface area contributed by atoms with Gasteiger partial charge in [0.2, 0.25) is 0 Å². The van der Waals surface area contributed by atoms with E-state index in [0.717, 1.165) is 31.5 Å². The summed E-state index contributed by atoms with van der Waals surface area (Å²) in [6.45, 7) is 1.77. The predicted molar refractivity (Wildman–Crippen MR) is 87.0 cm³/mol. The van der Waals surface area contributed by atoms with Gasteiger partial charge in [-0.15, -0.1) is 11.3 Å². The van der Waals surface area contributed by atoms with Gasteiger partial charge in [-0.05, 0) is 37.3 Å². The molecule has 0 atom stereocenters. The maximum Gasteiger partial charge on any atom is 0.124 e. The van der Waals surface area contributed by atoms with Gasteiger partial charge in [0.05, 0.1) is 21.7 Å². The van der Waals surface area contributed by atoms with Crippen molar-refractivity contribution in [2.75, 3.05) is 0 Å². The molecule has 100 valence electrons. The van der Waals surface area contributed by atoms with Crippen molar-refractivity contribution in [2.24, 2.45) is 10.7 Å². The third-order valence-electron chi connectivity index (χ3n) is 2.77. The molecule has 2 aromatic carbocycles. The van der Waals surface area contributed by atoms with Crippen LogP contribution in [0.3, 0.4) is 0 Å². The molecule has 0 aliphatic heterocycles. The van der Waals surface area contributed by atoms with E-state index < -0.39 is 0 Å². The number of rotatable bonds is 2. The van der Waals surface area contributed by atoms with Crippen LogP contribution in [0.15, 0.2) is 47.5 Å². The first-order valence-electron chi connectivity index (χ1n) is 6.09. The highest BCUT2D eigenvalue weighted by atomic mass is 35.5. The molecule has 0 fully saturated rings. The lowest BCUT2D eigenvalue weighted by molar-refractivity contribution is 1.44. The van der Waals surface area contributed by atoms with Crippen molar-refractivity contribution in [3.8, 4) is 10.6 Å².